The van der Waals surface area contributed by atoms with E-state index in [9.17, 15) is 18.0 Å². The van der Waals surface area contributed by atoms with E-state index in [1.54, 1.807) is 13.8 Å². The highest BCUT2D eigenvalue weighted by Crippen LogP contribution is 2.43. The molecule has 2 atom stereocenters. The van der Waals surface area contributed by atoms with Crippen LogP contribution in [0.4, 0.5) is 13.2 Å². The molecular formula is C12H17F3N2O. The standard InChI is InChI=1S/C12H17F3N2O/c1-4-9(8(2)3)17-10(18)11(12(13,14)15)5-6-16-7-11/h1,8-9,16H,5-7H2,2-3H3,(H,17,18). The number of halogens is 3. The predicted molar refractivity (Wildman–Crippen MR) is 61.6 cm³/mol. The lowest BCUT2D eigenvalue weighted by Gasteiger charge is -2.31. The number of alkyl halides is 3. The molecule has 18 heavy (non-hydrogen) atoms. The van der Waals surface area contributed by atoms with Crippen LogP contribution in [0.3, 0.4) is 0 Å². The third-order valence-corrected chi connectivity index (χ3v) is 3.27. The van der Waals surface area contributed by atoms with Gasteiger partial charge in [-0.2, -0.15) is 13.2 Å². The fourth-order valence-electron chi connectivity index (χ4n) is 1.94. The molecule has 1 amide bonds. The predicted octanol–water partition coefficient (Wildman–Crippen LogP) is 1.30. The Morgan fingerprint density at radius 2 is 2.11 bits per heavy atom. The van der Waals surface area contributed by atoms with Gasteiger partial charge < -0.3 is 10.6 Å². The SMILES string of the molecule is C#CC(NC(=O)C1(C(F)(F)F)CCNC1)C(C)C. The quantitative estimate of drug-likeness (QED) is 0.753. The third-order valence-electron chi connectivity index (χ3n) is 3.27. The van der Waals surface area contributed by atoms with E-state index in [2.05, 4.69) is 16.6 Å². The van der Waals surface area contributed by atoms with Crippen molar-refractivity contribution in [2.75, 3.05) is 13.1 Å². The van der Waals surface area contributed by atoms with Crippen molar-refractivity contribution in [3.05, 3.63) is 0 Å². The van der Waals surface area contributed by atoms with Gasteiger partial charge in [-0.05, 0) is 18.9 Å². The summed E-state index contributed by atoms with van der Waals surface area (Å²) in [7, 11) is 0. The summed E-state index contributed by atoms with van der Waals surface area (Å²) in [5.41, 5.74) is -2.35. The van der Waals surface area contributed by atoms with Gasteiger partial charge in [0, 0.05) is 6.54 Å². The molecule has 0 aliphatic carbocycles. The van der Waals surface area contributed by atoms with E-state index in [1.807, 2.05) is 0 Å². The van der Waals surface area contributed by atoms with Gasteiger partial charge in [0.05, 0.1) is 6.04 Å². The van der Waals surface area contributed by atoms with Crippen LogP contribution < -0.4 is 10.6 Å². The molecule has 0 spiro atoms. The van der Waals surface area contributed by atoms with E-state index in [-0.39, 0.29) is 18.9 Å². The van der Waals surface area contributed by atoms with Crippen LogP contribution in [0.2, 0.25) is 0 Å². The number of carbonyl (C=O) groups is 1. The molecule has 1 rings (SSSR count). The second kappa shape index (κ2) is 5.19. The maximum atomic E-state index is 13.1. The molecule has 0 aromatic rings. The molecule has 6 heteroatoms. The third kappa shape index (κ3) is 2.61. The molecule has 0 radical (unpaired) electrons. The van der Waals surface area contributed by atoms with Crippen molar-refractivity contribution < 1.29 is 18.0 Å². The van der Waals surface area contributed by atoms with E-state index < -0.39 is 30.1 Å². The Morgan fingerprint density at radius 1 is 1.50 bits per heavy atom. The molecule has 0 aromatic heterocycles. The molecule has 1 fully saturated rings. The van der Waals surface area contributed by atoms with E-state index >= 15 is 0 Å². The van der Waals surface area contributed by atoms with Crippen molar-refractivity contribution in [2.45, 2.75) is 32.5 Å². The first-order valence-corrected chi connectivity index (χ1v) is 5.79. The first kappa shape index (κ1) is 14.8. The zero-order valence-corrected chi connectivity index (χ0v) is 10.4. The summed E-state index contributed by atoms with van der Waals surface area (Å²) < 4.78 is 39.2. The van der Waals surface area contributed by atoms with Crippen molar-refractivity contribution in [3.8, 4) is 12.3 Å². The van der Waals surface area contributed by atoms with E-state index in [4.69, 9.17) is 6.42 Å². The van der Waals surface area contributed by atoms with Crippen molar-refractivity contribution in [2.24, 2.45) is 11.3 Å². The first-order chi connectivity index (χ1) is 8.24. The van der Waals surface area contributed by atoms with Crippen molar-refractivity contribution >= 4 is 5.91 Å². The van der Waals surface area contributed by atoms with Crippen molar-refractivity contribution in [1.29, 1.82) is 0 Å². The van der Waals surface area contributed by atoms with Crippen molar-refractivity contribution in [1.82, 2.24) is 10.6 Å². The van der Waals surface area contributed by atoms with Gasteiger partial charge in [-0.3, -0.25) is 4.79 Å². The zero-order chi connectivity index (χ0) is 14.0. The van der Waals surface area contributed by atoms with Gasteiger partial charge >= 0.3 is 6.18 Å². The van der Waals surface area contributed by atoms with Gasteiger partial charge in [-0.1, -0.05) is 19.8 Å². The number of rotatable bonds is 3. The highest BCUT2D eigenvalue weighted by Gasteiger charge is 2.61. The van der Waals surface area contributed by atoms with Gasteiger partial charge in [0.2, 0.25) is 5.91 Å². The van der Waals surface area contributed by atoms with E-state index in [0.717, 1.165) is 0 Å². The average Bonchev–Trinajstić information content (AvgIpc) is 2.74. The highest BCUT2D eigenvalue weighted by atomic mass is 19.4. The summed E-state index contributed by atoms with van der Waals surface area (Å²) in [5, 5.41) is 4.91. The Bertz CT molecular complexity index is 351. The molecule has 2 N–H and O–H groups in total. The molecule has 1 aliphatic rings. The molecule has 0 saturated carbocycles. The Morgan fingerprint density at radius 3 is 2.44 bits per heavy atom. The van der Waals surface area contributed by atoms with E-state index in [1.165, 1.54) is 0 Å². The average molecular weight is 262 g/mol. The molecule has 2 unspecified atom stereocenters. The second-order valence-corrected chi connectivity index (χ2v) is 4.87. The van der Waals surface area contributed by atoms with Crippen LogP contribution in [0.1, 0.15) is 20.3 Å². The molecule has 1 heterocycles. The number of carbonyl (C=O) groups excluding carboxylic acids is 1. The fraction of sp³-hybridized carbons (Fsp3) is 0.750. The summed E-state index contributed by atoms with van der Waals surface area (Å²) >= 11 is 0. The number of hydrogen-bond acceptors (Lipinski definition) is 2. The Balaban J connectivity index is 2.89. The largest absolute Gasteiger partial charge is 0.404 e. The molecule has 102 valence electrons. The molecule has 3 nitrogen and oxygen atoms in total. The fourth-order valence-corrected chi connectivity index (χ4v) is 1.94. The van der Waals surface area contributed by atoms with Gasteiger partial charge in [0.15, 0.2) is 5.41 Å². The maximum Gasteiger partial charge on any atom is 0.404 e. The van der Waals surface area contributed by atoms with Crippen LogP contribution in [-0.4, -0.2) is 31.2 Å². The number of hydrogen-bond donors (Lipinski definition) is 2. The van der Waals surface area contributed by atoms with Gasteiger partial charge in [0.25, 0.3) is 0 Å². The van der Waals surface area contributed by atoms with Gasteiger partial charge in [0.1, 0.15) is 0 Å². The molecule has 0 bridgehead atoms. The maximum absolute atomic E-state index is 13.1. The zero-order valence-electron chi connectivity index (χ0n) is 10.4. The summed E-state index contributed by atoms with van der Waals surface area (Å²) in [6.45, 7) is 3.28. The Labute approximate surface area is 105 Å². The Hall–Kier alpha value is -1.22. The van der Waals surface area contributed by atoms with Gasteiger partial charge in [-0.15, -0.1) is 6.42 Å². The van der Waals surface area contributed by atoms with Crippen LogP contribution in [0.25, 0.3) is 0 Å². The minimum absolute atomic E-state index is 0.112. The van der Waals surface area contributed by atoms with Gasteiger partial charge in [-0.25, -0.2) is 0 Å². The summed E-state index contributed by atoms with van der Waals surface area (Å²) in [6, 6.07) is -0.683. The lowest BCUT2D eigenvalue weighted by atomic mass is 9.84. The van der Waals surface area contributed by atoms with Crippen LogP contribution in [0, 0.1) is 23.7 Å². The topological polar surface area (TPSA) is 41.1 Å². The normalized spacial score (nSPS) is 25.8. The molecule has 1 aliphatic heterocycles. The summed E-state index contributed by atoms with van der Waals surface area (Å²) in [4.78, 5) is 11.9. The monoisotopic (exact) mass is 262 g/mol. The number of nitrogens with one attached hydrogen (secondary N) is 2. The number of amides is 1. The first-order valence-electron chi connectivity index (χ1n) is 5.79. The smallest absolute Gasteiger partial charge is 0.341 e. The highest BCUT2D eigenvalue weighted by molar-refractivity contribution is 5.84. The summed E-state index contributed by atoms with van der Waals surface area (Å²) in [5.74, 6) is 1.16. The van der Waals surface area contributed by atoms with Crippen LogP contribution in [0.5, 0.6) is 0 Å². The molecule has 0 aromatic carbocycles. The Kier molecular flexibility index (Phi) is 4.28. The van der Waals surface area contributed by atoms with Crippen LogP contribution in [-0.2, 0) is 4.79 Å². The lowest BCUT2D eigenvalue weighted by Crippen LogP contribution is -2.55. The number of terminal acetylenes is 1. The second-order valence-electron chi connectivity index (χ2n) is 4.87. The minimum atomic E-state index is -4.57. The van der Waals surface area contributed by atoms with Crippen LogP contribution in [0.15, 0.2) is 0 Å². The molecular weight excluding hydrogens is 245 g/mol. The van der Waals surface area contributed by atoms with E-state index in [0.29, 0.717) is 0 Å². The van der Waals surface area contributed by atoms with Crippen molar-refractivity contribution in [3.63, 3.8) is 0 Å². The van der Waals surface area contributed by atoms with Crippen LogP contribution >= 0.6 is 0 Å². The lowest BCUT2D eigenvalue weighted by molar-refractivity contribution is -0.216. The minimum Gasteiger partial charge on any atom is -0.341 e. The summed E-state index contributed by atoms with van der Waals surface area (Å²) in [6.07, 6.45) is 0.386. The molecule has 1 saturated heterocycles.